The lowest BCUT2D eigenvalue weighted by Crippen LogP contribution is -2.29. The molecular formula is C22H21NO4S2. The van der Waals surface area contributed by atoms with Gasteiger partial charge in [-0.2, -0.15) is 0 Å². The zero-order valence-electron chi connectivity index (χ0n) is 15.7. The molecule has 7 heteroatoms. The second kappa shape index (κ2) is 10.2. The van der Waals surface area contributed by atoms with E-state index in [0.717, 1.165) is 24.2 Å². The van der Waals surface area contributed by atoms with Crippen molar-refractivity contribution in [2.75, 3.05) is 6.54 Å². The Morgan fingerprint density at radius 2 is 1.83 bits per heavy atom. The summed E-state index contributed by atoms with van der Waals surface area (Å²) < 4.78 is 6.38. The van der Waals surface area contributed by atoms with Crippen molar-refractivity contribution in [1.29, 1.82) is 0 Å². The van der Waals surface area contributed by atoms with Gasteiger partial charge in [0.2, 0.25) is 0 Å². The molecule has 1 N–H and O–H groups in total. The number of ether oxygens (including phenoxy) is 1. The first-order valence-electron chi connectivity index (χ1n) is 9.33. The molecule has 1 amide bonds. The first kappa shape index (κ1) is 21.1. The van der Waals surface area contributed by atoms with E-state index in [1.807, 2.05) is 60.7 Å². The number of carbonyl (C=O) groups excluding carboxylic acids is 1. The Balaban J connectivity index is 1.61. The number of amides is 1. The number of carboxylic acid groups (broad SMARTS) is 1. The average Bonchev–Trinajstić information content (AvgIpc) is 2.96. The molecule has 3 rings (SSSR count). The molecule has 1 aliphatic rings. The maximum atomic E-state index is 12.7. The summed E-state index contributed by atoms with van der Waals surface area (Å²) in [7, 11) is 0. The Labute approximate surface area is 179 Å². The Morgan fingerprint density at radius 3 is 2.59 bits per heavy atom. The lowest BCUT2D eigenvalue weighted by molar-refractivity contribution is -0.137. The minimum absolute atomic E-state index is 0.104. The quantitative estimate of drug-likeness (QED) is 0.332. The lowest BCUT2D eigenvalue weighted by atomic mass is 10.2. The number of para-hydroxylation sites is 1. The van der Waals surface area contributed by atoms with Gasteiger partial charge < -0.3 is 9.84 Å². The van der Waals surface area contributed by atoms with Crippen LogP contribution < -0.4 is 4.74 Å². The van der Waals surface area contributed by atoms with Gasteiger partial charge in [0.1, 0.15) is 15.8 Å². The highest BCUT2D eigenvalue weighted by atomic mass is 32.2. The Hall–Kier alpha value is -2.64. The van der Waals surface area contributed by atoms with E-state index in [0.29, 0.717) is 27.9 Å². The molecule has 0 atom stereocenters. The van der Waals surface area contributed by atoms with Crippen molar-refractivity contribution < 1.29 is 19.4 Å². The third kappa shape index (κ3) is 6.17. The van der Waals surface area contributed by atoms with Crippen LogP contribution in [-0.2, 0) is 9.59 Å². The third-order valence-corrected chi connectivity index (χ3v) is 5.66. The highest BCUT2D eigenvalue weighted by Gasteiger charge is 2.31. The van der Waals surface area contributed by atoms with Crippen molar-refractivity contribution >= 4 is 46.3 Å². The van der Waals surface area contributed by atoms with Crippen molar-refractivity contribution in [3.63, 3.8) is 0 Å². The van der Waals surface area contributed by atoms with Crippen LogP contribution in [0.1, 0.15) is 31.2 Å². The number of nitrogens with zero attached hydrogens (tertiary/aromatic N) is 1. The Kier molecular flexibility index (Phi) is 7.43. The number of thioether (sulfide) groups is 1. The van der Waals surface area contributed by atoms with Gasteiger partial charge in [-0.1, -0.05) is 60.7 Å². The van der Waals surface area contributed by atoms with Crippen LogP contribution in [0.4, 0.5) is 0 Å². The van der Waals surface area contributed by atoms with Crippen molar-refractivity contribution in [3.05, 3.63) is 65.1 Å². The Morgan fingerprint density at radius 1 is 1.07 bits per heavy atom. The SMILES string of the molecule is O=C(O)CCCCCN1C(=O)/C(=C/c2cccc(Oc3ccccc3)c2)SC1=S. The molecule has 1 fully saturated rings. The topological polar surface area (TPSA) is 66.8 Å². The number of thiocarbonyl (C=S) groups is 1. The number of carbonyl (C=O) groups is 2. The number of hydrogen-bond donors (Lipinski definition) is 1. The summed E-state index contributed by atoms with van der Waals surface area (Å²) >= 11 is 6.64. The van der Waals surface area contributed by atoms with E-state index >= 15 is 0 Å². The highest BCUT2D eigenvalue weighted by molar-refractivity contribution is 8.26. The molecule has 1 saturated heterocycles. The van der Waals surface area contributed by atoms with E-state index in [4.69, 9.17) is 22.1 Å². The van der Waals surface area contributed by atoms with Crippen LogP contribution in [0, 0.1) is 0 Å². The van der Waals surface area contributed by atoms with Crippen LogP contribution in [0.3, 0.4) is 0 Å². The molecule has 0 bridgehead atoms. The van der Waals surface area contributed by atoms with Crippen LogP contribution in [0.5, 0.6) is 11.5 Å². The van der Waals surface area contributed by atoms with E-state index < -0.39 is 5.97 Å². The van der Waals surface area contributed by atoms with Gasteiger partial charge in [0.05, 0.1) is 4.91 Å². The van der Waals surface area contributed by atoms with Crippen LogP contribution in [0.25, 0.3) is 6.08 Å². The zero-order chi connectivity index (χ0) is 20.6. The first-order chi connectivity index (χ1) is 14.0. The molecule has 2 aromatic carbocycles. The fourth-order valence-electron chi connectivity index (χ4n) is 2.86. The molecule has 29 heavy (non-hydrogen) atoms. The van der Waals surface area contributed by atoms with Gasteiger partial charge in [0.25, 0.3) is 5.91 Å². The molecule has 150 valence electrons. The largest absolute Gasteiger partial charge is 0.481 e. The summed E-state index contributed by atoms with van der Waals surface area (Å²) in [6.45, 7) is 0.513. The lowest BCUT2D eigenvalue weighted by Gasteiger charge is -2.13. The van der Waals surface area contributed by atoms with Gasteiger partial charge in [-0.3, -0.25) is 14.5 Å². The fourth-order valence-corrected chi connectivity index (χ4v) is 4.17. The van der Waals surface area contributed by atoms with Gasteiger partial charge in [0, 0.05) is 13.0 Å². The summed E-state index contributed by atoms with van der Waals surface area (Å²) in [5, 5.41) is 8.68. The minimum Gasteiger partial charge on any atom is -0.481 e. The van der Waals surface area contributed by atoms with Crippen molar-refractivity contribution in [1.82, 2.24) is 4.90 Å². The summed E-state index contributed by atoms with van der Waals surface area (Å²) in [5.41, 5.74) is 0.861. The second-order valence-electron chi connectivity index (χ2n) is 6.53. The number of carboxylic acids is 1. The summed E-state index contributed by atoms with van der Waals surface area (Å²) in [4.78, 5) is 25.4. The first-order valence-corrected chi connectivity index (χ1v) is 10.6. The van der Waals surface area contributed by atoms with Gasteiger partial charge in [0.15, 0.2) is 0 Å². The number of unbranched alkanes of at least 4 members (excludes halogenated alkanes) is 2. The number of rotatable bonds is 9. The monoisotopic (exact) mass is 427 g/mol. The number of hydrogen-bond acceptors (Lipinski definition) is 5. The maximum absolute atomic E-state index is 12.7. The van der Waals surface area contributed by atoms with E-state index in [1.165, 1.54) is 11.8 Å². The molecule has 0 radical (unpaired) electrons. The van der Waals surface area contributed by atoms with Gasteiger partial charge in [-0.25, -0.2) is 0 Å². The van der Waals surface area contributed by atoms with E-state index in [-0.39, 0.29) is 12.3 Å². The highest BCUT2D eigenvalue weighted by Crippen LogP contribution is 2.33. The van der Waals surface area contributed by atoms with Crippen LogP contribution in [0.15, 0.2) is 59.5 Å². The van der Waals surface area contributed by atoms with Gasteiger partial charge >= 0.3 is 5.97 Å². The average molecular weight is 428 g/mol. The summed E-state index contributed by atoms with van der Waals surface area (Å²) in [6.07, 6.45) is 4.06. The summed E-state index contributed by atoms with van der Waals surface area (Å²) in [6, 6.07) is 17.1. The maximum Gasteiger partial charge on any atom is 0.303 e. The molecule has 1 aliphatic heterocycles. The van der Waals surface area contributed by atoms with Gasteiger partial charge in [-0.05, 0) is 48.7 Å². The molecule has 0 saturated carbocycles. The van der Waals surface area contributed by atoms with E-state index in [2.05, 4.69) is 0 Å². The molecule has 0 spiro atoms. The standard InChI is InChI=1S/C22H21NO4S2/c24-20(25)12-5-2-6-13-23-21(26)19(29-22(23)28)15-16-8-7-11-18(14-16)27-17-9-3-1-4-10-17/h1,3-4,7-11,14-15H,2,5-6,12-13H2,(H,24,25)/b19-15-. The number of benzene rings is 2. The molecule has 0 aliphatic carbocycles. The molecule has 0 unspecified atom stereocenters. The molecule has 2 aromatic rings. The van der Waals surface area contributed by atoms with Crippen LogP contribution >= 0.6 is 24.0 Å². The van der Waals surface area contributed by atoms with E-state index in [9.17, 15) is 9.59 Å². The molecule has 0 aromatic heterocycles. The van der Waals surface area contributed by atoms with Crippen molar-refractivity contribution in [2.24, 2.45) is 0 Å². The number of aliphatic carboxylic acids is 1. The predicted molar refractivity (Wildman–Crippen MR) is 119 cm³/mol. The van der Waals surface area contributed by atoms with Crippen molar-refractivity contribution in [3.8, 4) is 11.5 Å². The molecule has 5 nitrogen and oxygen atoms in total. The minimum atomic E-state index is -0.794. The third-order valence-electron chi connectivity index (χ3n) is 4.28. The normalized spacial score (nSPS) is 15.2. The second-order valence-corrected chi connectivity index (χ2v) is 8.20. The van der Waals surface area contributed by atoms with E-state index in [1.54, 1.807) is 4.90 Å². The molecule has 1 heterocycles. The summed E-state index contributed by atoms with van der Waals surface area (Å²) in [5.74, 6) is 0.544. The predicted octanol–water partition coefficient (Wildman–Crippen LogP) is 5.33. The van der Waals surface area contributed by atoms with Crippen LogP contribution in [-0.4, -0.2) is 32.7 Å². The zero-order valence-corrected chi connectivity index (χ0v) is 17.4. The van der Waals surface area contributed by atoms with Crippen LogP contribution in [0.2, 0.25) is 0 Å². The molecular weight excluding hydrogens is 406 g/mol. The smallest absolute Gasteiger partial charge is 0.303 e. The van der Waals surface area contributed by atoms with Crippen molar-refractivity contribution in [2.45, 2.75) is 25.7 Å². The van der Waals surface area contributed by atoms with Gasteiger partial charge in [-0.15, -0.1) is 0 Å². The fraction of sp³-hybridized carbons (Fsp3) is 0.227. The Bertz CT molecular complexity index is 927.